The number of rotatable bonds is 0. The molecule has 3 nitrogen and oxygen atoms in total. The molecular weight excluding hydrogens is 90.1 g/mol. The van der Waals surface area contributed by atoms with Gasteiger partial charge in [0.25, 0.3) is 0 Å². The Morgan fingerprint density at radius 3 is 3.00 bits per heavy atom. The molecule has 2 N–H and O–H groups in total. The van der Waals surface area contributed by atoms with Crippen LogP contribution in [0.1, 0.15) is 1.37 Å². The SMILES string of the molecule is [2H]c1nccnc1N. The van der Waals surface area contributed by atoms with Gasteiger partial charge in [-0.2, -0.15) is 0 Å². The number of hydrogen-bond acceptors (Lipinski definition) is 3. The lowest BCUT2D eigenvalue weighted by Crippen LogP contribution is -1.87. The van der Waals surface area contributed by atoms with Crippen molar-refractivity contribution in [3.05, 3.63) is 18.6 Å². The molecule has 3 heteroatoms. The van der Waals surface area contributed by atoms with Crippen molar-refractivity contribution in [2.75, 3.05) is 5.73 Å². The van der Waals surface area contributed by atoms with Crippen molar-refractivity contribution in [2.24, 2.45) is 0 Å². The summed E-state index contributed by atoms with van der Waals surface area (Å²) in [6, 6.07) is 0. The number of nitrogens with two attached hydrogens (primary N) is 1. The van der Waals surface area contributed by atoms with Crippen molar-refractivity contribution in [1.82, 2.24) is 9.97 Å². The molecular formula is C4H5N3. The maximum Gasteiger partial charge on any atom is 0.141 e. The van der Waals surface area contributed by atoms with E-state index in [4.69, 9.17) is 7.10 Å². The minimum Gasteiger partial charge on any atom is -0.382 e. The van der Waals surface area contributed by atoms with Crippen LogP contribution in [0.15, 0.2) is 18.6 Å². The number of hydrogen-bond donors (Lipinski definition) is 1. The van der Waals surface area contributed by atoms with Crippen LogP contribution in [0, 0.1) is 0 Å². The number of aromatic nitrogens is 2. The molecule has 1 aromatic rings. The summed E-state index contributed by atoms with van der Waals surface area (Å²) in [5.41, 5.74) is 5.16. The van der Waals surface area contributed by atoms with Crippen molar-refractivity contribution >= 4 is 5.82 Å². The van der Waals surface area contributed by atoms with E-state index in [9.17, 15) is 0 Å². The molecule has 0 bridgehead atoms. The average Bonchev–Trinajstić information content (AvgIpc) is 1.77. The monoisotopic (exact) mass is 96.1 g/mol. The zero-order valence-electron chi connectivity index (χ0n) is 4.63. The first-order valence-electron chi connectivity index (χ1n) is 2.34. The van der Waals surface area contributed by atoms with Gasteiger partial charge in [-0.25, -0.2) is 4.98 Å². The normalized spacial score (nSPS) is 10.6. The van der Waals surface area contributed by atoms with E-state index in [2.05, 4.69) is 9.97 Å². The van der Waals surface area contributed by atoms with Gasteiger partial charge in [0.2, 0.25) is 0 Å². The van der Waals surface area contributed by atoms with E-state index in [0.717, 1.165) is 0 Å². The molecule has 0 aliphatic heterocycles. The quantitative estimate of drug-likeness (QED) is 0.496. The van der Waals surface area contributed by atoms with Crippen LogP contribution < -0.4 is 5.73 Å². The second-order valence-corrected chi connectivity index (χ2v) is 1.05. The Morgan fingerprint density at radius 2 is 2.57 bits per heavy atom. The molecule has 0 radical (unpaired) electrons. The first kappa shape index (κ1) is 2.96. The van der Waals surface area contributed by atoms with Gasteiger partial charge in [0, 0.05) is 12.4 Å². The van der Waals surface area contributed by atoms with Crippen LogP contribution in [0.4, 0.5) is 5.82 Å². The molecule has 0 saturated carbocycles. The molecule has 0 aliphatic rings. The second-order valence-electron chi connectivity index (χ2n) is 1.05. The molecule has 0 atom stereocenters. The van der Waals surface area contributed by atoms with Gasteiger partial charge < -0.3 is 5.73 Å². The maximum absolute atomic E-state index is 6.92. The molecule has 0 spiro atoms. The number of anilines is 1. The Morgan fingerprint density at radius 1 is 1.71 bits per heavy atom. The van der Waals surface area contributed by atoms with Crippen LogP contribution in [-0.4, -0.2) is 9.97 Å². The maximum atomic E-state index is 6.92. The molecule has 1 rings (SSSR count). The summed E-state index contributed by atoms with van der Waals surface area (Å²) in [5.74, 6) is 0.174. The Hall–Kier alpha value is -1.12. The molecule has 0 unspecified atom stereocenters. The van der Waals surface area contributed by atoms with Gasteiger partial charge in [0.05, 0.1) is 7.54 Å². The second kappa shape index (κ2) is 1.55. The Labute approximate surface area is 42.6 Å². The largest absolute Gasteiger partial charge is 0.382 e. The predicted octanol–water partition coefficient (Wildman–Crippen LogP) is 0.0588. The van der Waals surface area contributed by atoms with Crippen LogP contribution in [-0.2, 0) is 0 Å². The lowest BCUT2D eigenvalue weighted by molar-refractivity contribution is 1.21. The molecule has 0 fully saturated rings. The summed E-state index contributed by atoms with van der Waals surface area (Å²) in [6.45, 7) is 0. The van der Waals surface area contributed by atoms with Gasteiger partial charge in [-0.3, -0.25) is 4.98 Å². The molecule has 7 heavy (non-hydrogen) atoms. The van der Waals surface area contributed by atoms with Gasteiger partial charge in [-0.15, -0.1) is 0 Å². The van der Waals surface area contributed by atoms with E-state index in [1.807, 2.05) is 0 Å². The third kappa shape index (κ3) is 0.855. The Balaban J connectivity index is 3.13. The van der Waals surface area contributed by atoms with Crippen molar-refractivity contribution in [2.45, 2.75) is 0 Å². The highest BCUT2D eigenvalue weighted by Crippen LogP contribution is 1.84. The number of nitrogens with zero attached hydrogens (tertiary/aromatic N) is 2. The van der Waals surface area contributed by atoms with E-state index < -0.39 is 0 Å². The van der Waals surface area contributed by atoms with E-state index in [1.165, 1.54) is 12.4 Å². The minimum atomic E-state index is 0.0347. The van der Waals surface area contributed by atoms with Crippen molar-refractivity contribution < 1.29 is 1.37 Å². The molecule has 0 aromatic carbocycles. The molecule has 0 amide bonds. The van der Waals surface area contributed by atoms with Gasteiger partial charge in [0.15, 0.2) is 0 Å². The summed E-state index contributed by atoms with van der Waals surface area (Å²) in [6.07, 6.45) is 2.92. The molecule has 1 aromatic heterocycles. The van der Waals surface area contributed by atoms with Gasteiger partial charge in [-0.1, -0.05) is 0 Å². The Kier molecular flexibility index (Phi) is 0.656. The van der Waals surface area contributed by atoms with E-state index in [0.29, 0.717) is 0 Å². The third-order valence-electron chi connectivity index (χ3n) is 0.534. The summed E-state index contributed by atoms with van der Waals surface area (Å²) in [7, 11) is 0. The van der Waals surface area contributed by atoms with E-state index >= 15 is 0 Å². The molecule has 0 aliphatic carbocycles. The van der Waals surface area contributed by atoms with Crippen LogP contribution in [0.25, 0.3) is 0 Å². The third-order valence-corrected chi connectivity index (χ3v) is 0.534. The number of nitrogen functional groups attached to an aromatic ring is 1. The van der Waals surface area contributed by atoms with Crippen LogP contribution in [0.3, 0.4) is 0 Å². The summed E-state index contributed by atoms with van der Waals surface area (Å²) in [5, 5.41) is 0. The van der Waals surface area contributed by atoms with Crippen molar-refractivity contribution in [3.8, 4) is 0 Å². The highest BCUT2D eigenvalue weighted by Gasteiger charge is 1.74. The fraction of sp³-hybridized carbons (Fsp3) is 0. The highest BCUT2D eigenvalue weighted by molar-refractivity contribution is 5.20. The zero-order chi connectivity index (χ0) is 5.98. The van der Waals surface area contributed by atoms with Crippen LogP contribution >= 0.6 is 0 Å². The van der Waals surface area contributed by atoms with Gasteiger partial charge in [0.1, 0.15) is 5.82 Å². The van der Waals surface area contributed by atoms with Gasteiger partial charge in [-0.05, 0) is 0 Å². The van der Waals surface area contributed by atoms with Crippen LogP contribution in [0.2, 0.25) is 0 Å². The molecule has 36 valence electrons. The lowest BCUT2D eigenvalue weighted by Gasteiger charge is -1.82. The average molecular weight is 96.1 g/mol. The zero-order valence-corrected chi connectivity index (χ0v) is 3.63. The standard InChI is InChI=1S/C4H5N3/c5-4-3-6-1-2-7-4/h1-3H,(H2,5,7)/i3D. The first-order chi connectivity index (χ1) is 3.80. The lowest BCUT2D eigenvalue weighted by atomic mass is 10.7. The molecule has 1 heterocycles. The first-order valence-corrected chi connectivity index (χ1v) is 1.84. The summed E-state index contributed by atoms with van der Waals surface area (Å²) >= 11 is 0. The molecule has 0 saturated heterocycles. The predicted molar refractivity (Wildman–Crippen MR) is 26.4 cm³/mol. The fourth-order valence-corrected chi connectivity index (χ4v) is 0.279. The van der Waals surface area contributed by atoms with E-state index in [1.54, 1.807) is 0 Å². The topological polar surface area (TPSA) is 51.8 Å². The van der Waals surface area contributed by atoms with Crippen LogP contribution in [0.5, 0.6) is 0 Å². The summed E-state index contributed by atoms with van der Waals surface area (Å²) in [4.78, 5) is 7.16. The van der Waals surface area contributed by atoms with Crippen molar-refractivity contribution in [3.63, 3.8) is 0 Å². The van der Waals surface area contributed by atoms with E-state index in [-0.39, 0.29) is 12.0 Å². The van der Waals surface area contributed by atoms with Crippen molar-refractivity contribution in [1.29, 1.82) is 0 Å². The fourth-order valence-electron chi connectivity index (χ4n) is 0.279. The minimum absolute atomic E-state index is 0.0347. The van der Waals surface area contributed by atoms with Gasteiger partial charge >= 0.3 is 0 Å². The Bertz CT molecular complexity index is 167. The smallest absolute Gasteiger partial charge is 0.141 e. The summed E-state index contributed by atoms with van der Waals surface area (Å²) < 4.78 is 6.92. The highest BCUT2D eigenvalue weighted by atomic mass is 14.9.